The molecule has 1 aromatic heterocycles. The van der Waals surface area contributed by atoms with Crippen LogP contribution in [0, 0.1) is 0 Å². The topological polar surface area (TPSA) is 25.8 Å². The van der Waals surface area contributed by atoms with E-state index in [1.165, 1.54) is 82.4 Å². The van der Waals surface area contributed by atoms with Crippen LogP contribution in [0.1, 0.15) is 25.0 Å². The standard InChI is InChI=1S/C59H40N2/c1-59(2)51-27-14-13-23-45(51)46-31-29-41(35-52(46)59)56-48-25-12-11-24-47(48)55(49-32-28-40(34-50(49)56)44-26-15-21-37-16-9-10-22-43(37)44)42-30-33-53-54(36-42)61-58(39-19-7-4-8-20-39)57(60-53)38-17-5-3-6-18-38/h3-36H,1-2H3. The molecule has 0 amide bonds. The molecule has 0 bridgehead atoms. The van der Waals surface area contributed by atoms with Crippen LogP contribution in [0.2, 0.25) is 0 Å². The number of rotatable bonds is 5. The first-order valence-electron chi connectivity index (χ1n) is 21.2. The average Bonchev–Trinajstić information content (AvgIpc) is 3.55. The summed E-state index contributed by atoms with van der Waals surface area (Å²) in [4.78, 5) is 10.7. The van der Waals surface area contributed by atoms with E-state index in [0.717, 1.165) is 39.1 Å². The van der Waals surface area contributed by atoms with Gasteiger partial charge >= 0.3 is 0 Å². The van der Waals surface area contributed by atoms with Gasteiger partial charge in [-0.2, -0.15) is 0 Å². The smallest absolute Gasteiger partial charge is 0.0973 e. The van der Waals surface area contributed by atoms with Gasteiger partial charge in [-0.25, -0.2) is 9.97 Å². The average molecular weight is 777 g/mol. The minimum Gasteiger partial charge on any atom is -0.244 e. The van der Waals surface area contributed by atoms with Crippen LogP contribution in [0.4, 0.5) is 0 Å². The second-order valence-corrected chi connectivity index (χ2v) is 16.9. The fourth-order valence-electron chi connectivity index (χ4n) is 10.1. The van der Waals surface area contributed by atoms with E-state index >= 15 is 0 Å². The summed E-state index contributed by atoms with van der Waals surface area (Å²) in [6.45, 7) is 4.74. The summed E-state index contributed by atoms with van der Waals surface area (Å²) in [5.41, 5.74) is 18.1. The van der Waals surface area contributed by atoms with Gasteiger partial charge in [-0.3, -0.25) is 0 Å². The summed E-state index contributed by atoms with van der Waals surface area (Å²) < 4.78 is 0. The molecule has 61 heavy (non-hydrogen) atoms. The van der Waals surface area contributed by atoms with Crippen molar-refractivity contribution in [2.75, 3.05) is 0 Å². The lowest BCUT2D eigenvalue weighted by Gasteiger charge is -2.23. The normalized spacial score (nSPS) is 12.9. The van der Waals surface area contributed by atoms with Crippen LogP contribution >= 0.6 is 0 Å². The van der Waals surface area contributed by atoms with Crippen molar-refractivity contribution < 1.29 is 0 Å². The maximum atomic E-state index is 5.42. The molecular weight excluding hydrogens is 737 g/mol. The largest absolute Gasteiger partial charge is 0.244 e. The highest BCUT2D eigenvalue weighted by molar-refractivity contribution is 6.22. The van der Waals surface area contributed by atoms with Gasteiger partial charge in [-0.05, 0) is 112 Å². The summed E-state index contributed by atoms with van der Waals surface area (Å²) in [6.07, 6.45) is 0. The molecule has 0 saturated heterocycles. The van der Waals surface area contributed by atoms with Crippen LogP contribution in [-0.4, -0.2) is 9.97 Å². The number of hydrogen-bond acceptors (Lipinski definition) is 2. The molecule has 0 atom stereocenters. The van der Waals surface area contributed by atoms with E-state index in [1.54, 1.807) is 0 Å². The van der Waals surface area contributed by atoms with Crippen LogP contribution in [0.5, 0.6) is 0 Å². The van der Waals surface area contributed by atoms with Crippen molar-refractivity contribution in [1.29, 1.82) is 0 Å². The van der Waals surface area contributed by atoms with E-state index in [9.17, 15) is 0 Å². The highest BCUT2D eigenvalue weighted by atomic mass is 14.8. The quantitative estimate of drug-likeness (QED) is 0.163. The molecule has 10 aromatic carbocycles. The number of hydrogen-bond donors (Lipinski definition) is 0. The highest BCUT2D eigenvalue weighted by Crippen LogP contribution is 2.52. The second kappa shape index (κ2) is 13.7. The van der Waals surface area contributed by atoms with E-state index in [1.807, 2.05) is 12.1 Å². The third-order valence-corrected chi connectivity index (χ3v) is 13.0. The van der Waals surface area contributed by atoms with E-state index in [-0.39, 0.29) is 5.41 Å². The monoisotopic (exact) mass is 776 g/mol. The van der Waals surface area contributed by atoms with Crippen molar-refractivity contribution in [3.8, 4) is 67.0 Å². The predicted molar refractivity (Wildman–Crippen MR) is 257 cm³/mol. The van der Waals surface area contributed by atoms with Crippen molar-refractivity contribution in [2.24, 2.45) is 0 Å². The van der Waals surface area contributed by atoms with Crippen LogP contribution in [0.25, 0.3) is 110 Å². The SMILES string of the molecule is CC1(C)c2ccccc2-c2ccc(-c3c4ccccc4c(-c4ccc5nc(-c6ccccc6)c(-c6ccccc6)nc5c4)c4ccc(-c5cccc6ccccc56)cc34)cc21. The molecule has 2 heteroatoms. The molecule has 0 unspecified atom stereocenters. The number of benzene rings is 10. The lowest BCUT2D eigenvalue weighted by molar-refractivity contribution is 0.660. The minimum atomic E-state index is -0.118. The Kier molecular flexibility index (Phi) is 7.92. The van der Waals surface area contributed by atoms with Gasteiger partial charge in [0.25, 0.3) is 0 Å². The summed E-state index contributed by atoms with van der Waals surface area (Å²) >= 11 is 0. The van der Waals surface area contributed by atoms with Gasteiger partial charge < -0.3 is 0 Å². The predicted octanol–water partition coefficient (Wildman–Crippen LogP) is 15.7. The zero-order chi connectivity index (χ0) is 40.7. The van der Waals surface area contributed by atoms with Crippen molar-refractivity contribution in [3.05, 3.63) is 217 Å². The third-order valence-electron chi connectivity index (χ3n) is 13.0. The fourth-order valence-corrected chi connectivity index (χ4v) is 10.1. The first kappa shape index (κ1) is 35.3. The maximum Gasteiger partial charge on any atom is 0.0973 e. The number of fused-ring (bicyclic) bond motifs is 7. The van der Waals surface area contributed by atoms with Crippen molar-refractivity contribution in [3.63, 3.8) is 0 Å². The molecule has 0 radical (unpaired) electrons. The van der Waals surface area contributed by atoms with Gasteiger partial charge in [0.15, 0.2) is 0 Å². The summed E-state index contributed by atoms with van der Waals surface area (Å²) in [6, 6.07) is 75.0. The molecule has 1 aliphatic carbocycles. The molecule has 1 heterocycles. The van der Waals surface area contributed by atoms with Crippen LogP contribution in [0.15, 0.2) is 206 Å². The zero-order valence-electron chi connectivity index (χ0n) is 34.0. The molecule has 11 aromatic rings. The summed E-state index contributed by atoms with van der Waals surface area (Å²) in [7, 11) is 0. The first-order valence-corrected chi connectivity index (χ1v) is 21.2. The van der Waals surface area contributed by atoms with Gasteiger partial charge in [0.1, 0.15) is 0 Å². The van der Waals surface area contributed by atoms with Gasteiger partial charge in [0.2, 0.25) is 0 Å². The van der Waals surface area contributed by atoms with E-state index in [0.29, 0.717) is 0 Å². The Bertz CT molecular complexity index is 3540. The van der Waals surface area contributed by atoms with Crippen LogP contribution < -0.4 is 0 Å². The molecule has 0 fully saturated rings. The summed E-state index contributed by atoms with van der Waals surface area (Å²) in [5.74, 6) is 0. The van der Waals surface area contributed by atoms with E-state index in [4.69, 9.17) is 9.97 Å². The second-order valence-electron chi connectivity index (χ2n) is 16.9. The molecule has 1 aliphatic rings. The molecular formula is C59H40N2. The highest BCUT2D eigenvalue weighted by Gasteiger charge is 2.35. The summed E-state index contributed by atoms with van der Waals surface area (Å²) in [5, 5.41) is 7.36. The third kappa shape index (κ3) is 5.56. The Morgan fingerprint density at radius 1 is 0.311 bits per heavy atom. The Morgan fingerprint density at radius 3 is 1.59 bits per heavy atom. The van der Waals surface area contributed by atoms with E-state index in [2.05, 4.69) is 208 Å². The Morgan fingerprint density at radius 2 is 0.836 bits per heavy atom. The molecule has 2 nitrogen and oxygen atoms in total. The lowest BCUT2D eigenvalue weighted by atomic mass is 9.80. The first-order chi connectivity index (χ1) is 30.0. The molecule has 0 spiro atoms. The maximum absolute atomic E-state index is 5.42. The Hall–Kier alpha value is -7.68. The molecule has 286 valence electrons. The van der Waals surface area contributed by atoms with Gasteiger partial charge in [-0.15, -0.1) is 0 Å². The van der Waals surface area contributed by atoms with Crippen molar-refractivity contribution in [1.82, 2.24) is 9.97 Å². The fraction of sp³-hybridized carbons (Fsp3) is 0.0508. The Labute approximate surface area is 355 Å². The van der Waals surface area contributed by atoms with Crippen molar-refractivity contribution >= 4 is 43.4 Å². The van der Waals surface area contributed by atoms with Gasteiger partial charge in [0.05, 0.1) is 22.4 Å². The molecule has 0 aliphatic heterocycles. The van der Waals surface area contributed by atoms with Crippen LogP contribution in [-0.2, 0) is 5.41 Å². The zero-order valence-corrected chi connectivity index (χ0v) is 34.0. The Balaban J connectivity index is 1.14. The van der Waals surface area contributed by atoms with Crippen LogP contribution in [0.3, 0.4) is 0 Å². The molecule has 0 N–H and O–H groups in total. The molecule has 12 rings (SSSR count). The number of nitrogens with zero attached hydrogens (tertiary/aromatic N) is 2. The lowest BCUT2D eigenvalue weighted by Crippen LogP contribution is -2.14. The molecule has 0 saturated carbocycles. The van der Waals surface area contributed by atoms with Gasteiger partial charge in [-0.1, -0.05) is 196 Å². The van der Waals surface area contributed by atoms with E-state index < -0.39 is 0 Å². The van der Waals surface area contributed by atoms with Crippen molar-refractivity contribution in [2.45, 2.75) is 19.3 Å². The number of aromatic nitrogens is 2. The van der Waals surface area contributed by atoms with Gasteiger partial charge in [0, 0.05) is 16.5 Å². The minimum absolute atomic E-state index is 0.118.